The Hall–Kier alpha value is -1.73. The van der Waals surface area contributed by atoms with E-state index >= 15 is 0 Å². The van der Waals surface area contributed by atoms with Crippen LogP contribution in [0.25, 0.3) is 0 Å². The average Bonchev–Trinajstić information content (AvgIpc) is 2.85. The summed E-state index contributed by atoms with van der Waals surface area (Å²) >= 11 is 0. The van der Waals surface area contributed by atoms with Crippen molar-refractivity contribution in [3.8, 4) is 0 Å². The quantitative estimate of drug-likeness (QED) is 0.486. The molecular formula is C9H10BF2N4. The summed E-state index contributed by atoms with van der Waals surface area (Å²) in [5.41, 5.74) is 0.793. The van der Waals surface area contributed by atoms with Crippen molar-refractivity contribution in [2.24, 2.45) is 0 Å². The second kappa shape index (κ2) is 7.55. The molecular weight excluding hydrogens is 213 g/mol. The van der Waals surface area contributed by atoms with Gasteiger partial charge in [0, 0.05) is 12.4 Å². The Balaban J connectivity index is 0.000000181. The molecule has 0 bridgehead atoms. The first-order chi connectivity index (χ1) is 7.83. The van der Waals surface area contributed by atoms with Crippen molar-refractivity contribution in [1.82, 2.24) is 20.3 Å². The van der Waals surface area contributed by atoms with E-state index in [1.165, 1.54) is 4.48 Å². The fraction of sp³-hybridized carbons (Fsp3) is 0. The van der Waals surface area contributed by atoms with Crippen LogP contribution < -0.4 is 5.65 Å². The van der Waals surface area contributed by atoms with Gasteiger partial charge in [-0.1, -0.05) is 16.9 Å². The maximum atomic E-state index is 12.0. The van der Waals surface area contributed by atoms with E-state index < -0.39 is 0 Å². The third-order valence-corrected chi connectivity index (χ3v) is 1.51. The highest BCUT2D eigenvalue weighted by Gasteiger charge is 2.04. The van der Waals surface area contributed by atoms with Gasteiger partial charge >= 0.3 is 7.55 Å². The molecule has 4 nitrogen and oxygen atoms in total. The van der Waals surface area contributed by atoms with Crippen LogP contribution in [0.2, 0.25) is 0 Å². The molecule has 0 aromatic carbocycles. The van der Waals surface area contributed by atoms with Crippen molar-refractivity contribution in [3.63, 3.8) is 0 Å². The summed E-state index contributed by atoms with van der Waals surface area (Å²) in [5, 5.41) is -0.292. The molecule has 2 aromatic rings. The minimum atomic E-state index is -0.292. The van der Waals surface area contributed by atoms with E-state index in [0.717, 1.165) is 13.2 Å². The zero-order chi connectivity index (χ0) is 11.6. The molecule has 0 saturated heterocycles. The SMILES string of the molecule is FNN(F)[B]n1cccc1.c1ccncc1. The molecule has 2 aromatic heterocycles. The molecule has 16 heavy (non-hydrogen) atoms. The second-order valence-electron chi connectivity index (χ2n) is 2.67. The summed E-state index contributed by atoms with van der Waals surface area (Å²) in [6.07, 6.45) is 6.65. The highest BCUT2D eigenvalue weighted by molar-refractivity contribution is 6.29. The van der Waals surface area contributed by atoms with Crippen LogP contribution in [0, 0.1) is 0 Å². The van der Waals surface area contributed by atoms with Gasteiger partial charge in [-0.2, -0.15) is 0 Å². The van der Waals surface area contributed by atoms with Crippen LogP contribution in [0.1, 0.15) is 0 Å². The number of hydrogen-bond donors (Lipinski definition) is 1. The van der Waals surface area contributed by atoms with Crippen molar-refractivity contribution >= 4 is 7.55 Å². The van der Waals surface area contributed by atoms with Gasteiger partial charge in [0.2, 0.25) is 0 Å². The molecule has 0 aliphatic rings. The maximum Gasteiger partial charge on any atom is 0.418 e. The van der Waals surface area contributed by atoms with E-state index in [1.807, 2.05) is 18.2 Å². The Labute approximate surface area is 92.6 Å². The number of nitrogens with zero attached hydrogens (tertiary/aromatic N) is 3. The highest BCUT2D eigenvalue weighted by atomic mass is 19.2. The Morgan fingerprint density at radius 1 is 1.06 bits per heavy atom. The third kappa shape index (κ3) is 5.23. The van der Waals surface area contributed by atoms with Gasteiger partial charge in [-0.25, -0.2) is 0 Å². The summed E-state index contributed by atoms with van der Waals surface area (Å²) in [6, 6.07) is 9.11. The van der Waals surface area contributed by atoms with Gasteiger partial charge in [0.05, 0.1) is 0 Å². The summed E-state index contributed by atoms with van der Waals surface area (Å²) in [6.45, 7) is 0. The summed E-state index contributed by atoms with van der Waals surface area (Å²) in [4.78, 5) is 3.78. The van der Waals surface area contributed by atoms with E-state index in [-0.39, 0.29) is 5.14 Å². The number of rotatable bonds is 3. The number of hydrazine groups is 1. The van der Waals surface area contributed by atoms with Crippen LogP contribution in [0.5, 0.6) is 0 Å². The molecule has 1 N–H and O–H groups in total. The van der Waals surface area contributed by atoms with Crippen LogP contribution >= 0.6 is 0 Å². The van der Waals surface area contributed by atoms with E-state index in [2.05, 4.69) is 4.98 Å². The van der Waals surface area contributed by atoms with Crippen LogP contribution in [0.15, 0.2) is 55.1 Å². The molecule has 7 heteroatoms. The first-order valence-corrected chi connectivity index (χ1v) is 4.46. The van der Waals surface area contributed by atoms with E-state index in [1.54, 1.807) is 36.9 Å². The van der Waals surface area contributed by atoms with Gasteiger partial charge in [0.1, 0.15) is 0 Å². The Kier molecular flexibility index (Phi) is 5.83. The summed E-state index contributed by atoms with van der Waals surface area (Å²) in [7, 11) is 0.903. The van der Waals surface area contributed by atoms with E-state index in [9.17, 15) is 8.96 Å². The fourth-order valence-corrected chi connectivity index (χ4v) is 0.876. The van der Waals surface area contributed by atoms with Gasteiger partial charge in [0.15, 0.2) is 0 Å². The zero-order valence-electron chi connectivity index (χ0n) is 8.37. The van der Waals surface area contributed by atoms with Crippen molar-refractivity contribution in [2.75, 3.05) is 0 Å². The van der Waals surface area contributed by atoms with Crippen LogP contribution in [0.3, 0.4) is 0 Å². The number of pyridine rings is 1. The van der Waals surface area contributed by atoms with Gasteiger partial charge in [-0.05, 0) is 36.7 Å². The summed E-state index contributed by atoms with van der Waals surface area (Å²) < 4.78 is 24.6. The smallest absolute Gasteiger partial charge is 0.383 e. The molecule has 0 unspecified atom stereocenters. The van der Waals surface area contributed by atoms with E-state index in [4.69, 9.17) is 0 Å². The lowest BCUT2D eigenvalue weighted by Crippen LogP contribution is -2.31. The Bertz CT molecular complexity index is 330. The van der Waals surface area contributed by atoms with Crippen LogP contribution in [-0.2, 0) is 0 Å². The van der Waals surface area contributed by atoms with Crippen molar-refractivity contribution in [1.29, 1.82) is 0 Å². The predicted octanol–water partition coefficient (Wildman–Crippen LogP) is 1.53. The van der Waals surface area contributed by atoms with E-state index in [0.29, 0.717) is 0 Å². The van der Waals surface area contributed by atoms with Gasteiger partial charge < -0.3 is 4.48 Å². The lowest BCUT2D eigenvalue weighted by molar-refractivity contribution is -0.0140. The van der Waals surface area contributed by atoms with Crippen LogP contribution in [-0.4, -0.2) is 22.2 Å². The van der Waals surface area contributed by atoms with Gasteiger partial charge in [-0.15, -0.1) is 8.96 Å². The normalized spacial score (nSPS) is 9.44. The molecule has 0 spiro atoms. The lowest BCUT2D eigenvalue weighted by atomic mass is 10.2. The first-order valence-electron chi connectivity index (χ1n) is 4.46. The molecule has 0 amide bonds. The van der Waals surface area contributed by atoms with Crippen molar-refractivity contribution in [3.05, 3.63) is 55.1 Å². The molecule has 0 atom stereocenters. The number of halogens is 2. The van der Waals surface area contributed by atoms with Crippen molar-refractivity contribution < 1.29 is 8.96 Å². The van der Waals surface area contributed by atoms with Gasteiger partial charge in [-0.3, -0.25) is 4.98 Å². The minimum Gasteiger partial charge on any atom is -0.383 e. The average molecular weight is 223 g/mol. The highest BCUT2D eigenvalue weighted by Crippen LogP contribution is 1.88. The zero-order valence-corrected chi connectivity index (χ0v) is 8.37. The molecule has 0 aliphatic heterocycles. The molecule has 2 heterocycles. The topological polar surface area (TPSA) is 33.1 Å². The number of nitrogens with one attached hydrogen (secondary N) is 1. The number of hydrogen-bond acceptors (Lipinski definition) is 3. The maximum absolute atomic E-state index is 12.0. The van der Waals surface area contributed by atoms with Crippen molar-refractivity contribution in [2.45, 2.75) is 0 Å². The lowest BCUT2D eigenvalue weighted by Gasteiger charge is -2.03. The molecule has 0 saturated carbocycles. The summed E-state index contributed by atoms with van der Waals surface area (Å²) in [5.74, 6) is 0. The first kappa shape index (κ1) is 12.3. The molecule has 0 aliphatic carbocycles. The van der Waals surface area contributed by atoms with Gasteiger partial charge in [0.25, 0.3) is 0 Å². The fourth-order valence-electron chi connectivity index (χ4n) is 0.876. The molecule has 1 radical (unpaired) electrons. The minimum absolute atomic E-state index is 0.292. The monoisotopic (exact) mass is 223 g/mol. The third-order valence-electron chi connectivity index (χ3n) is 1.51. The second-order valence-corrected chi connectivity index (χ2v) is 2.67. The predicted molar refractivity (Wildman–Crippen MR) is 57.0 cm³/mol. The molecule has 2 rings (SSSR count). The molecule has 83 valence electrons. The Morgan fingerprint density at radius 3 is 2.06 bits per heavy atom. The molecule has 0 fully saturated rings. The number of aromatic nitrogens is 2. The standard InChI is InChI=1S/C5H5N.C4H5BF2N3/c1-2-4-6-5-3-1;6-8-10(7)5-9-3-1-2-4-9/h1-5H;1-4,8H. The van der Waals surface area contributed by atoms with Crippen LogP contribution in [0.4, 0.5) is 8.96 Å². The Morgan fingerprint density at radius 2 is 1.69 bits per heavy atom. The largest absolute Gasteiger partial charge is 0.418 e.